The summed E-state index contributed by atoms with van der Waals surface area (Å²) in [7, 11) is 0. The van der Waals surface area contributed by atoms with E-state index in [9.17, 15) is 18.0 Å². The number of carbonyl (C=O) groups excluding carboxylic acids is 1. The lowest BCUT2D eigenvalue weighted by Gasteiger charge is -2.22. The summed E-state index contributed by atoms with van der Waals surface area (Å²) in [5.41, 5.74) is 1.57. The maximum absolute atomic E-state index is 12.9. The van der Waals surface area contributed by atoms with Crippen molar-refractivity contribution in [3.8, 4) is 11.4 Å². The molecule has 4 rings (SSSR count). The Morgan fingerprint density at radius 1 is 1.14 bits per heavy atom. The summed E-state index contributed by atoms with van der Waals surface area (Å²) in [5.74, 6) is -1.74. The van der Waals surface area contributed by atoms with Crippen LogP contribution in [0.4, 0.5) is 13.2 Å². The van der Waals surface area contributed by atoms with Crippen LogP contribution < -0.4 is 0 Å². The Kier molecular flexibility index (Phi) is 4.58. The molecule has 144 valence electrons. The molecule has 0 radical (unpaired) electrons. The Morgan fingerprint density at radius 3 is 2.46 bits per heavy atom. The molecule has 2 aromatic heterocycles. The fraction of sp³-hybridized carbons (Fsp3) is 0.263. The van der Waals surface area contributed by atoms with Gasteiger partial charge in [0.05, 0.1) is 12.2 Å². The first-order valence-corrected chi connectivity index (χ1v) is 8.64. The van der Waals surface area contributed by atoms with Crippen molar-refractivity contribution in [3.05, 3.63) is 65.8 Å². The van der Waals surface area contributed by atoms with Crippen LogP contribution >= 0.6 is 0 Å². The first-order chi connectivity index (χ1) is 13.4. The molecule has 0 unspecified atom stereocenters. The molecule has 1 aliphatic rings. The van der Waals surface area contributed by atoms with E-state index in [1.54, 1.807) is 23.2 Å². The molecular formula is C19H15F3N4O2. The van der Waals surface area contributed by atoms with Gasteiger partial charge in [0.15, 0.2) is 0 Å². The van der Waals surface area contributed by atoms with Crippen LogP contribution in [0.25, 0.3) is 11.4 Å². The minimum Gasteiger partial charge on any atom is -0.330 e. The van der Waals surface area contributed by atoms with Crippen molar-refractivity contribution in [1.82, 2.24) is 20.0 Å². The molecule has 9 heteroatoms. The van der Waals surface area contributed by atoms with Gasteiger partial charge in [0, 0.05) is 23.4 Å². The molecule has 0 atom stereocenters. The van der Waals surface area contributed by atoms with E-state index in [2.05, 4.69) is 19.6 Å². The average molecular weight is 388 g/mol. The van der Waals surface area contributed by atoms with E-state index in [0.717, 1.165) is 18.5 Å². The molecule has 28 heavy (non-hydrogen) atoms. The SMILES string of the molecule is O=C(c1ccc(-c2noc(C(F)(F)F)n2)cc1)N(Cc1ccccn1)C1CC1. The number of hydrogen-bond acceptors (Lipinski definition) is 5. The predicted molar refractivity (Wildman–Crippen MR) is 91.9 cm³/mol. The average Bonchev–Trinajstić information content (AvgIpc) is 3.40. The maximum atomic E-state index is 12.9. The minimum atomic E-state index is -4.70. The molecule has 2 heterocycles. The lowest BCUT2D eigenvalue weighted by molar-refractivity contribution is -0.159. The van der Waals surface area contributed by atoms with Crippen molar-refractivity contribution in [1.29, 1.82) is 0 Å². The molecule has 6 nitrogen and oxygen atoms in total. The van der Waals surface area contributed by atoms with E-state index in [1.807, 2.05) is 18.2 Å². The standard InChI is InChI=1S/C19H15F3N4O2/c20-19(21,22)18-24-16(25-28-18)12-4-6-13(7-5-12)17(27)26(15-8-9-15)11-14-3-1-2-10-23-14/h1-7,10,15H,8-9,11H2. The van der Waals surface area contributed by atoms with Crippen molar-refractivity contribution < 1.29 is 22.5 Å². The Hall–Kier alpha value is -3.23. The number of hydrogen-bond donors (Lipinski definition) is 0. The van der Waals surface area contributed by atoms with Gasteiger partial charge in [-0.3, -0.25) is 9.78 Å². The fourth-order valence-corrected chi connectivity index (χ4v) is 2.80. The summed E-state index contributed by atoms with van der Waals surface area (Å²) in [4.78, 5) is 22.3. The highest BCUT2D eigenvalue weighted by Gasteiger charge is 2.38. The predicted octanol–water partition coefficient (Wildman–Crippen LogP) is 3.96. The number of nitrogens with zero attached hydrogens (tertiary/aromatic N) is 4. The van der Waals surface area contributed by atoms with Crippen LogP contribution in [-0.2, 0) is 12.7 Å². The fourth-order valence-electron chi connectivity index (χ4n) is 2.80. The molecule has 3 aromatic rings. The number of benzene rings is 1. The highest BCUT2D eigenvalue weighted by molar-refractivity contribution is 5.95. The smallest absolute Gasteiger partial charge is 0.330 e. The van der Waals surface area contributed by atoms with E-state index in [4.69, 9.17) is 0 Å². The number of aromatic nitrogens is 3. The molecule has 1 amide bonds. The number of halogens is 3. The lowest BCUT2D eigenvalue weighted by Crippen LogP contribution is -2.32. The summed E-state index contributed by atoms with van der Waals surface area (Å²) in [6, 6.07) is 11.8. The second-order valence-electron chi connectivity index (χ2n) is 6.48. The van der Waals surface area contributed by atoms with E-state index >= 15 is 0 Å². The highest BCUT2D eigenvalue weighted by atomic mass is 19.4. The molecular weight excluding hydrogens is 373 g/mol. The van der Waals surface area contributed by atoms with Gasteiger partial charge in [0.2, 0.25) is 5.82 Å². The molecule has 0 saturated heterocycles. The van der Waals surface area contributed by atoms with E-state index in [-0.39, 0.29) is 17.8 Å². The molecule has 0 N–H and O–H groups in total. The molecule has 0 spiro atoms. The zero-order valence-electron chi connectivity index (χ0n) is 14.6. The van der Waals surface area contributed by atoms with Crippen molar-refractivity contribution in [3.63, 3.8) is 0 Å². The van der Waals surface area contributed by atoms with Crippen LogP contribution in [0.15, 0.2) is 53.2 Å². The number of pyridine rings is 1. The summed E-state index contributed by atoms with van der Waals surface area (Å²) >= 11 is 0. The van der Waals surface area contributed by atoms with Crippen LogP contribution in [-0.4, -0.2) is 32.0 Å². The number of rotatable bonds is 5. The van der Waals surface area contributed by atoms with E-state index in [1.165, 1.54) is 12.1 Å². The second kappa shape index (κ2) is 7.06. The molecule has 1 saturated carbocycles. The zero-order chi connectivity index (χ0) is 19.7. The van der Waals surface area contributed by atoms with Crippen molar-refractivity contribution in [2.75, 3.05) is 0 Å². The van der Waals surface area contributed by atoms with Crippen molar-refractivity contribution in [2.24, 2.45) is 0 Å². The number of carbonyl (C=O) groups is 1. The highest BCUT2D eigenvalue weighted by Crippen LogP contribution is 2.31. The van der Waals surface area contributed by atoms with Crippen molar-refractivity contribution >= 4 is 5.91 Å². The number of alkyl halides is 3. The van der Waals surface area contributed by atoms with Crippen LogP contribution in [0.1, 0.15) is 34.8 Å². The molecule has 0 aliphatic heterocycles. The third-order valence-corrected chi connectivity index (χ3v) is 4.37. The normalized spacial score (nSPS) is 14.1. The lowest BCUT2D eigenvalue weighted by atomic mass is 10.1. The zero-order valence-corrected chi connectivity index (χ0v) is 14.6. The largest absolute Gasteiger partial charge is 0.471 e. The quantitative estimate of drug-likeness (QED) is 0.662. The van der Waals surface area contributed by atoms with E-state index in [0.29, 0.717) is 17.7 Å². The van der Waals surface area contributed by atoms with Crippen LogP contribution in [0.5, 0.6) is 0 Å². The Balaban J connectivity index is 1.52. The van der Waals surface area contributed by atoms with Gasteiger partial charge >= 0.3 is 12.1 Å². The molecule has 1 aliphatic carbocycles. The summed E-state index contributed by atoms with van der Waals surface area (Å²) in [5, 5.41) is 3.35. The van der Waals surface area contributed by atoms with Gasteiger partial charge in [-0.05, 0) is 37.1 Å². The summed E-state index contributed by atoms with van der Waals surface area (Å²) in [6.07, 6.45) is -1.13. The summed E-state index contributed by atoms with van der Waals surface area (Å²) < 4.78 is 42.0. The molecule has 1 aromatic carbocycles. The maximum Gasteiger partial charge on any atom is 0.471 e. The van der Waals surface area contributed by atoms with Crippen LogP contribution in [0.2, 0.25) is 0 Å². The van der Waals surface area contributed by atoms with Gasteiger partial charge in [0.1, 0.15) is 0 Å². The van der Waals surface area contributed by atoms with Crippen LogP contribution in [0, 0.1) is 0 Å². The first-order valence-electron chi connectivity index (χ1n) is 8.64. The van der Waals surface area contributed by atoms with Gasteiger partial charge in [-0.25, -0.2) is 0 Å². The van der Waals surface area contributed by atoms with Gasteiger partial charge < -0.3 is 9.42 Å². The first kappa shape index (κ1) is 18.1. The molecule has 0 bridgehead atoms. The third-order valence-electron chi connectivity index (χ3n) is 4.37. The van der Waals surface area contributed by atoms with Gasteiger partial charge in [-0.2, -0.15) is 18.2 Å². The van der Waals surface area contributed by atoms with Gasteiger partial charge in [-0.15, -0.1) is 0 Å². The Labute approximate surface area is 158 Å². The van der Waals surface area contributed by atoms with Crippen molar-refractivity contribution in [2.45, 2.75) is 31.6 Å². The minimum absolute atomic E-state index is 0.149. The van der Waals surface area contributed by atoms with Gasteiger partial charge in [0.25, 0.3) is 5.91 Å². The van der Waals surface area contributed by atoms with E-state index < -0.39 is 12.1 Å². The Bertz CT molecular complexity index is 967. The van der Waals surface area contributed by atoms with Gasteiger partial charge in [-0.1, -0.05) is 23.4 Å². The second-order valence-corrected chi connectivity index (χ2v) is 6.48. The topological polar surface area (TPSA) is 72.1 Å². The monoisotopic (exact) mass is 388 g/mol. The third kappa shape index (κ3) is 3.88. The Morgan fingerprint density at radius 2 is 1.89 bits per heavy atom. The number of amides is 1. The summed E-state index contributed by atoms with van der Waals surface area (Å²) in [6.45, 7) is 0.409. The van der Waals surface area contributed by atoms with Crippen LogP contribution in [0.3, 0.4) is 0 Å². The molecule has 1 fully saturated rings.